The normalized spacial score (nSPS) is 13.8. The van der Waals surface area contributed by atoms with E-state index in [2.05, 4.69) is 16.3 Å². The molecule has 2 rings (SSSR count). The second-order valence-corrected chi connectivity index (χ2v) is 5.47. The molecule has 1 aromatic rings. The summed E-state index contributed by atoms with van der Waals surface area (Å²) in [7, 11) is 5.33. The molecular formula is C15H22N2O2S. The van der Waals surface area contributed by atoms with Crippen molar-refractivity contribution in [2.24, 2.45) is 0 Å². The molecule has 5 heteroatoms. The van der Waals surface area contributed by atoms with E-state index in [-0.39, 0.29) is 0 Å². The lowest BCUT2D eigenvalue weighted by atomic mass is 10.1. The van der Waals surface area contributed by atoms with Gasteiger partial charge in [0, 0.05) is 19.6 Å². The molecule has 0 unspecified atom stereocenters. The van der Waals surface area contributed by atoms with E-state index < -0.39 is 0 Å². The molecule has 20 heavy (non-hydrogen) atoms. The maximum Gasteiger partial charge on any atom is 0.168 e. The van der Waals surface area contributed by atoms with Crippen LogP contribution in [0, 0.1) is 0 Å². The maximum atomic E-state index is 5.37. The monoisotopic (exact) mass is 294 g/mol. The second-order valence-electron chi connectivity index (χ2n) is 5.08. The minimum Gasteiger partial charge on any atom is -0.493 e. The molecule has 0 heterocycles. The third kappa shape index (κ3) is 4.00. The van der Waals surface area contributed by atoms with E-state index in [1.807, 2.05) is 19.2 Å². The molecule has 1 aromatic carbocycles. The number of rotatable bonds is 6. The molecule has 0 bridgehead atoms. The highest BCUT2D eigenvalue weighted by atomic mass is 32.1. The van der Waals surface area contributed by atoms with Crippen molar-refractivity contribution >= 4 is 17.3 Å². The van der Waals surface area contributed by atoms with Crippen LogP contribution in [0.25, 0.3) is 0 Å². The SMILES string of the molecule is COc1ccc(CCN(C)C(=S)NC2CC2)cc1OC. The number of methoxy groups -OCH3 is 2. The number of ether oxygens (including phenoxy) is 2. The summed E-state index contributed by atoms with van der Waals surface area (Å²) < 4.78 is 10.6. The van der Waals surface area contributed by atoms with Gasteiger partial charge in [0.25, 0.3) is 0 Å². The largest absolute Gasteiger partial charge is 0.493 e. The Labute approximate surface area is 126 Å². The fourth-order valence-corrected chi connectivity index (χ4v) is 2.20. The van der Waals surface area contributed by atoms with E-state index in [1.54, 1.807) is 14.2 Å². The molecule has 0 spiro atoms. The van der Waals surface area contributed by atoms with Crippen molar-refractivity contribution < 1.29 is 9.47 Å². The summed E-state index contributed by atoms with van der Waals surface area (Å²) in [6.45, 7) is 0.883. The number of nitrogens with one attached hydrogen (secondary N) is 1. The molecule has 1 N–H and O–H groups in total. The lowest BCUT2D eigenvalue weighted by molar-refractivity contribution is 0.354. The molecule has 0 saturated heterocycles. The van der Waals surface area contributed by atoms with Gasteiger partial charge in [-0.15, -0.1) is 0 Å². The number of thiocarbonyl (C=S) groups is 1. The quantitative estimate of drug-likeness (QED) is 0.814. The molecular weight excluding hydrogens is 272 g/mol. The molecule has 0 atom stereocenters. The average Bonchev–Trinajstić information content (AvgIpc) is 3.28. The van der Waals surface area contributed by atoms with E-state index in [0.29, 0.717) is 6.04 Å². The number of likely N-dealkylation sites (N-methyl/N-ethyl adjacent to an activating group) is 1. The lowest BCUT2D eigenvalue weighted by Gasteiger charge is -2.21. The Morgan fingerprint density at radius 3 is 2.60 bits per heavy atom. The summed E-state index contributed by atoms with van der Waals surface area (Å²) in [6, 6.07) is 6.62. The van der Waals surface area contributed by atoms with Crippen LogP contribution in [0.1, 0.15) is 18.4 Å². The van der Waals surface area contributed by atoms with Gasteiger partial charge in [-0.25, -0.2) is 0 Å². The molecule has 1 fully saturated rings. The molecule has 0 amide bonds. The van der Waals surface area contributed by atoms with Crippen LogP contribution in [0.15, 0.2) is 18.2 Å². The van der Waals surface area contributed by atoms with Gasteiger partial charge in [-0.1, -0.05) is 6.07 Å². The van der Waals surface area contributed by atoms with E-state index in [9.17, 15) is 0 Å². The lowest BCUT2D eigenvalue weighted by Crippen LogP contribution is -2.39. The van der Waals surface area contributed by atoms with Crippen LogP contribution in [0.3, 0.4) is 0 Å². The Morgan fingerprint density at radius 1 is 1.30 bits per heavy atom. The van der Waals surface area contributed by atoms with Gasteiger partial charge >= 0.3 is 0 Å². The Hall–Kier alpha value is -1.49. The zero-order valence-corrected chi connectivity index (χ0v) is 13.1. The smallest absolute Gasteiger partial charge is 0.168 e. The van der Waals surface area contributed by atoms with Crippen molar-refractivity contribution in [3.8, 4) is 11.5 Å². The number of benzene rings is 1. The van der Waals surface area contributed by atoms with Crippen molar-refractivity contribution in [3.63, 3.8) is 0 Å². The van der Waals surface area contributed by atoms with Crippen LogP contribution >= 0.6 is 12.2 Å². The molecule has 0 aromatic heterocycles. The van der Waals surface area contributed by atoms with Gasteiger partial charge in [-0.2, -0.15) is 0 Å². The Balaban J connectivity index is 1.87. The Morgan fingerprint density at radius 2 is 2.00 bits per heavy atom. The van der Waals surface area contributed by atoms with Crippen LogP contribution in [0.2, 0.25) is 0 Å². The molecule has 1 saturated carbocycles. The first kappa shape index (κ1) is 14.9. The summed E-state index contributed by atoms with van der Waals surface area (Å²) in [4.78, 5) is 2.09. The maximum absolute atomic E-state index is 5.37. The first-order valence-corrected chi connectivity index (χ1v) is 7.27. The highest BCUT2D eigenvalue weighted by molar-refractivity contribution is 7.80. The Kier molecular flexibility index (Phi) is 5.06. The summed E-state index contributed by atoms with van der Waals surface area (Å²) >= 11 is 5.37. The number of hydrogen-bond acceptors (Lipinski definition) is 3. The molecule has 110 valence electrons. The molecule has 0 aliphatic heterocycles. The van der Waals surface area contributed by atoms with Gasteiger partial charge in [-0.3, -0.25) is 0 Å². The zero-order valence-electron chi connectivity index (χ0n) is 12.3. The zero-order chi connectivity index (χ0) is 14.5. The van der Waals surface area contributed by atoms with Crippen LogP contribution in [-0.2, 0) is 6.42 Å². The first-order valence-electron chi connectivity index (χ1n) is 6.86. The van der Waals surface area contributed by atoms with Crippen LogP contribution in [-0.4, -0.2) is 43.9 Å². The van der Waals surface area contributed by atoms with E-state index in [4.69, 9.17) is 21.7 Å². The van der Waals surface area contributed by atoms with Crippen molar-refractivity contribution in [1.29, 1.82) is 0 Å². The van der Waals surface area contributed by atoms with Gasteiger partial charge in [0.1, 0.15) is 0 Å². The fourth-order valence-electron chi connectivity index (χ4n) is 1.95. The minimum absolute atomic E-state index is 0.603. The molecule has 4 nitrogen and oxygen atoms in total. The van der Waals surface area contributed by atoms with Crippen LogP contribution in [0.4, 0.5) is 0 Å². The van der Waals surface area contributed by atoms with Gasteiger partial charge in [0.05, 0.1) is 14.2 Å². The second kappa shape index (κ2) is 6.79. The number of hydrogen-bond donors (Lipinski definition) is 1. The van der Waals surface area contributed by atoms with Gasteiger partial charge < -0.3 is 19.7 Å². The van der Waals surface area contributed by atoms with E-state index in [0.717, 1.165) is 29.6 Å². The van der Waals surface area contributed by atoms with Gasteiger partial charge in [0.2, 0.25) is 0 Å². The van der Waals surface area contributed by atoms with E-state index >= 15 is 0 Å². The van der Waals surface area contributed by atoms with Crippen molar-refractivity contribution in [2.75, 3.05) is 27.8 Å². The summed E-state index contributed by atoms with van der Waals surface area (Å²) in [6.07, 6.45) is 3.40. The van der Waals surface area contributed by atoms with Crippen molar-refractivity contribution in [3.05, 3.63) is 23.8 Å². The minimum atomic E-state index is 0.603. The summed E-state index contributed by atoms with van der Waals surface area (Å²) in [5.74, 6) is 1.53. The first-order chi connectivity index (χ1) is 9.63. The topological polar surface area (TPSA) is 33.7 Å². The third-order valence-corrected chi connectivity index (χ3v) is 3.87. The molecule has 1 aliphatic carbocycles. The van der Waals surface area contributed by atoms with Gasteiger partial charge in [-0.05, 0) is 49.2 Å². The average molecular weight is 294 g/mol. The third-order valence-electron chi connectivity index (χ3n) is 3.44. The summed E-state index contributed by atoms with van der Waals surface area (Å²) in [5, 5.41) is 4.18. The summed E-state index contributed by atoms with van der Waals surface area (Å²) in [5.41, 5.74) is 1.21. The van der Waals surface area contributed by atoms with Crippen molar-refractivity contribution in [1.82, 2.24) is 10.2 Å². The number of nitrogens with zero attached hydrogens (tertiary/aromatic N) is 1. The molecule has 0 radical (unpaired) electrons. The Bertz CT molecular complexity index is 475. The fraction of sp³-hybridized carbons (Fsp3) is 0.533. The predicted octanol–water partition coefficient (Wildman–Crippen LogP) is 2.21. The highest BCUT2D eigenvalue weighted by Crippen LogP contribution is 2.27. The van der Waals surface area contributed by atoms with Crippen LogP contribution in [0.5, 0.6) is 11.5 Å². The standard InChI is InChI=1S/C15H22N2O2S/c1-17(15(20)16-12-5-6-12)9-8-11-4-7-13(18-2)14(10-11)19-3/h4,7,10,12H,5-6,8-9H2,1-3H3,(H,16,20). The van der Waals surface area contributed by atoms with E-state index in [1.165, 1.54) is 18.4 Å². The molecule has 1 aliphatic rings. The highest BCUT2D eigenvalue weighted by Gasteiger charge is 2.22. The predicted molar refractivity (Wildman–Crippen MR) is 84.6 cm³/mol. The van der Waals surface area contributed by atoms with Crippen LogP contribution < -0.4 is 14.8 Å². The van der Waals surface area contributed by atoms with Crippen molar-refractivity contribution in [2.45, 2.75) is 25.3 Å². The van der Waals surface area contributed by atoms with Gasteiger partial charge in [0.15, 0.2) is 16.6 Å².